The molecule has 5 heteroatoms. The number of aliphatic hydroxyl groups excluding tert-OH is 1. The lowest BCUT2D eigenvalue weighted by Crippen LogP contribution is -2.36. The summed E-state index contributed by atoms with van der Waals surface area (Å²) in [5.74, 6) is 2.05. The Morgan fingerprint density at radius 2 is 2.04 bits per heavy atom. The summed E-state index contributed by atoms with van der Waals surface area (Å²) >= 11 is 1.89. The number of thioether (sulfide) groups is 1. The zero-order valence-corrected chi connectivity index (χ0v) is 16.4. The Morgan fingerprint density at radius 1 is 1.24 bits per heavy atom. The van der Waals surface area contributed by atoms with E-state index >= 15 is 0 Å². The summed E-state index contributed by atoms with van der Waals surface area (Å²) in [6.07, 6.45) is 8.05. The third-order valence-electron chi connectivity index (χ3n) is 4.54. The minimum atomic E-state index is -0.425. The highest BCUT2D eigenvalue weighted by Gasteiger charge is 2.14. The van der Waals surface area contributed by atoms with Gasteiger partial charge in [-0.2, -0.15) is 11.8 Å². The normalized spacial score (nSPS) is 17.2. The Morgan fingerprint density at radius 3 is 2.80 bits per heavy atom. The lowest BCUT2D eigenvalue weighted by molar-refractivity contribution is 0.0693. The highest BCUT2D eigenvalue weighted by Crippen LogP contribution is 2.14. The maximum atomic E-state index is 10.3. The summed E-state index contributed by atoms with van der Waals surface area (Å²) in [4.78, 5) is 2.37. The van der Waals surface area contributed by atoms with Gasteiger partial charge in [-0.3, -0.25) is 0 Å². The fraction of sp³-hybridized carbons (Fsp3) is 0.700. The molecular formula is C20H34N2O2S. The SMILES string of the molecule is CSCCCNCc1cccc(OCC(O)CN2CCCCCC2)c1. The zero-order valence-electron chi connectivity index (χ0n) is 15.6. The van der Waals surface area contributed by atoms with Crippen LogP contribution in [0.3, 0.4) is 0 Å². The van der Waals surface area contributed by atoms with Crippen molar-refractivity contribution in [2.45, 2.75) is 44.8 Å². The van der Waals surface area contributed by atoms with Crippen LogP contribution in [0.25, 0.3) is 0 Å². The second-order valence-electron chi connectivity index (χ2n) is 6.85. The number of hydrogen-bond donors (Lipinski definition) is 2. The fourth-order valence-electron chi connectivity index (χ4n) is 3.18. The third-order valence-corrected chi connectivity index (χ3v) is 5.24. The third kappa shape index (κ3) is 8.95. The summed E-state index contributed by atoms with van der Waals surface area (Å²) in [6, 6.07) is 8.17. The van der Waals surface area contributed by atoms with Gasteiger partial charge in [-0.25, -0.2) is 0 Å². The number of β-amino-alcohol motifs (C(OH)–C–C–N with tert-alkyl or cyclic N) is 1. The van der Waals surface area contributed by atoms with Crippen molar-refractivity contribution in [2.24, 2.45) is 0 Å². The monoisotopic (exact) mass is 366 g/mol. The van der Waals surface area contributed by atoms with Crippen LogP contribution in [0.4, 0.5) is 0 Å². The van der Waals surface area contributed by atoms with Crippen LogP contribution in [-0.2, 0) is 6.54 Å². The molecule has 0 aromatic heterocycles. The van der Waals surface area contributed by atoms with Gasteiger partial charge in [-0.1, -0.05) is 25.0 Å². The maximum Gasteiger partial charge on any atom is 0.119 e. The standard InChI is InChI=1S/C20H34N2O2S/c1-25-13-7-10-21-15-18-8-6-9-20(14-18)24-17-19(23)16-22-11-4-2-3-5-12-22/h6,8-9,14,19,21,23H,2-5,7,10-13,15-17H2,1H3. The van der Waals surface area contributed by atoms with E-state index in [-0.39, 0.29) is 0 Å². The summed E-state index contributed by atoms with van der Waals surface area (Å²) in [6.45, 7) is 5.20. The molecule has 1 aromatic carbocycles. The van der Waals surface area contributed by atoms with Gasteiger partial charge in [0.15, 0.2) is 0 Å². The van der Waals surface area contributed by atoms with Crippen molar-refractivity contribution >= 4 is 11.8 Å². The fourth-order valence-corrected chi connectivity index (χ4v) is 3.61. The van der Waals surface area contributed by atoms with Crippen molar-refractivity contribution in [3.8, 4) is 5.75 Å². The quantitative estimate of drug-likeness (QED) is 0.589. The molecule has 1 fully saturated rings. The number of aliphatic hydroxyl groups is 1. The minimum Gasteiger partial charge on any atom is -0.491 e. The smallest absolute Gasteiger partial charge is 0.119 e. The summed E-state index contributed by atoms with van der Waals surface area (Å²) in [7, 11) is 0. The highest BCUT2D eigenvalue weighted by molar-refractivity contribution is 7.98. The van der Waals surface area contributed by atoms with Gasteiger partial charge in [-0.15, -0.1) is 0 Å². The van der Waals surface area contributed by atoms with Crippen molar-refractivity contribution < 1.29 is 9.84 Å². The Kier molecular flexibility index (Phi) is 10.3. The molecule has 25 heavy (non-hydrogen) atoms. The number of benzene rings is 1. The topological polar surface area (TPSA) is 44.7 Å². The van der Waals surface area contributed by atoms with E-state index < -0.39 is 6.10 Å². The van der Waals surface area contributed by atoms with Gasteiger partial charge in [-0.05, 0) is 68.6 Å². The molecule has 1 saturated heterocycles. The van der Waals surface area contributed by atoms with Crippen LogP contribution in [0.15, 0.2) is 24.3 Å². The summed E-state index contributed by atoms with van der Waals surface area (Å²) < 4.78 is 5.82. The van der Waals surface area contributed by atoms with Crippen LogP contribution in [0.1, 0.15) is 37.7 Å². The van der Waals surface area contributed by atoms with E-state index in [9.17, 15) is 5.11 Å². The van der Waals surface area contributed by atoms with E-state index in [1.807, 2.05) is 23.9 Å². The molecule has 1 aromatic rings. The first-order valence-electron chi connectivity index (χ1n) is 9.60. The van der Waals surface area contributed by atoms with E-state index in [0.717, 1.165) is 38.5 Å². The Hall–Kier alpha value is -0.750. The number of nitrogens with zero attached hydrogens (tertiary/aromatic N) is 1. The molecule has 1 atom stereocenters. The molecule has 0 saturated carbocycles. The van der Waals surface area contributed by atoms with Crippen LogP contribution in [0, 0.1) is 0 Å². The molecule has 142 valence electrons. The second-order valence-corrected chi connectivity index (χ2v) is 7.84. The predicted molar refractivity (Wildman–Crippen MR) is 108 cm³/mol. The first-order valence-corrected chi connectivity index (χ1v) is 11.0. The van der Waals surface area contributed by atoms with E-state index in [1.54, 1.807) is 0 Å². The minimum absolute atomic E-state index is 0.362. The molecule has 1 heterocycles. The van der Waals surface area contributed by atoms with Crippen molar-refractivity contribution in [1.82, 2.24) is 10.2 Å². The first-order chi connectivity index (χ1) is 12.3. The highest BCUT2D eigenvalue weighted by atomic mass is 32.2. The lowest BCUT2D eigenvalue weighted by Gasteiger charge is -2.23. The average molecular weight is 367 g/mol. The molecule has 0 spiro atoms. The number of ether oxygens (including phenoxy) is 1. The van der Waals surface area contributed by atoms with Gasteiger partial charge in [0.1, 0.15) is 18.5 Å². The molecular weight excluding hydrogens is 332 g/mol. The van der Waals surface area contributed by atoms with Gasteiger partial charge in [0.2, 0.25) is 0 Å². The van der Waals surface area contributed by atoms with Gasteiger partial charge in [0.25, 0.3) is 0 Å². The van der Waals surface area contributed by atoms with Crippen LogP contribution in [-0.4, -0.2) is 60.9 Å². The number of nitrogens with one attached hydrogen (secondary N) is 1. The van der Waals surface area contributed by atoms with E-state index in [1.165, 1.54) is 43.4 Å². The molecule has 0 radical (unpaired) electrons. The molecule has 1 aliphatic rings. The molecule has 4 nitrogen and oxygen atoms in total. The van der Waals surface area contributed by atoms with E-state index in [4.69, 9.17) is 4.74 Å². The Bertz CT molecular complexity index is 465. The van der Waals surface area contributed by atoms with Gasteiger partial charge >= 0.3 is 0 Å². The van der Waals surface area contributed by atoms with Crippen molar-refractivity contribution in [1.29, 1.82) is 0 Å². The molecule has 1 aliphatic heterocycles. The van der Waals surface area contributed by atoms with Gasteiger partial charge in [0.05, 0.1) is 0 Å². The Labute approximate surface area is 157 Å². The molecule has 0 amide bonds. The molecule has 2 N–H and O–H groups in total. The second kappa shape index (κ2) is 12.6. The van der Waals surface area contributed by atoms with Gasteiger partial charge in [0, 0.05) is 13.1 Å². The average Bonchev–Trinajstić information content (AvgIpc) is 2.89. The van der Waals surface area contributed by atoms with Crippen LogP contribution in [0.2, 0.25) is 0 Å². The zero-order chi connectivity index (χ0) is 17.7. The van der Waals surface area contributed by atoms with E-state index in [2.05, 4.69) is 28.6 Å². The summed E-state index contributed by atoms with van der Waals surface area (Å²) in [5.41, 5.74) is 1.23. The van der Waals surface area contributed by atoms with Crippen molar-refractivity contribution in [2.75, 3.05) is 44.8 Å². The summed E-state index contributed by atoms with van der Waals surface area (Å²) in [5, 5.41) is 13.7. The van der Waals surface area contributed by atoms with Crippen LogP contribution in [0.5, 0.6) is 5.75 Å². The van der Waals surface area contributed by atoms with Gasteiger partial charge < -0.3 is 20.1 Å². The number of likely N-dealkylation sites (tertiary alicyclic amines) is 1. The predicted octanol–water partition coefficient (Wildman–Crippen LogP) is 3.15. The number of hydrogen-bond acceptors (Lipinski definition) is 5. The van der Waals surface area contributed by atoms with Crippen LogP contribution >= 0.6 is 11.8 Å². The molecule has 2 rings (SSSR count). The number of rotatable bonds is 11. The van der Waals surface area contributed by atoms with Crippen molar-refractivity contribution in [3.05, 3.63) is 29.8 Å². The lowest BCUT2D eigenvalue weighted by atomic mass is 10.2. The molecule has 1 unspecified atom stereocenters. The Balaban J connectivity index is 1.68. The van der Waals surface area contributed by atoms with Crippen LogP contribution < -0.4 is 10.1 Å². The maximum absolute atomic E-state index is 10.3. The molecule has 0 aliphatic carbocycles. The molecule has 0 bridgehead atoms. The largest absolute Gasteiger partial charge is 0.491 e. The van der Waals surface area contributed by atoms with E-state index in [0.29, 0.717) is 6.61 Å². The first kappa shape index (κ1) is 20.6. The van der Waals surface area contributed by atoms with Crippen molar-refractivity contribution in [3.63, 3.8) is 0 Å².